The first-order valence-corrected chi connectivity index (χ1v) is 10.6. The van der Waals surface area contributed by atoms with E-state index in [0.717, 1.165) is 17.4 Å². The maximum Gasteiger partial charge on any atom is 0.333 e. The molecule has 1 aromatic heterocycles. The van der Waals surface area contributed by atoms with Gasteiger partial charge in [0.1, 0.15) is 28.3 Å². The zero-order valence-electron chi connectivity index (χ0n) is 17.0. The molecule has 0 fully saturated rings. The summed E-state index contributed by atoms with van der Waals surface area (Å²) in [5.74, 6) is 0.873. The predicted molar refractivity (Wildman–Crippen MR) is 124 cm³/mol. The molecule has 0 atom stereocenters. The van der Waals surface area contributed by atoms with Crippen molar-refractivity contribution >= 4 is 33.3 Å². The molecule has 2 aromatic carbocycles. The fourth-order valence-corrected chi connectivity index (χ4v) is 3.36. The van der Waals surface area contributed by atoms with E-state index < -0.39 is 23.7 Å². The van der Waals surface area contributed by atoms with Gasteiger partial charge in [0.25, 0.3) is 5.56 Å². The van der Waals surface area contributed by atoms with Crippen molar-refractivity contribution < 1.29 is 9.53 Å². The summed E-state index contributed by atoms with van der Waals surface area (Å²) < 4.78 is 7.96. The summed E-state index contributed by atoms with van der Waals surface area (Å²) in [7, 11) is 0. The SMILES string of the molecule is CCCCn1c(N)c(Br)c(=O)n(CC(=O)Nc2ccc(Oc3ccccc3)cc2)c1=O. The molecule has 0 radical (unpaired) electrons. The molecule has 0 saturated carbocycles. The van der Waals surface area contributed by atoms with Crippen LogP contribution in [-0.4, -0.2) is 15.0 Å². The van der Waals surface area contributed by atoms with Crippen molar-refractivity contribution in [3.63, 3.8) is 0 Å². The first-order chi connectivity index (χ1) is 14.9. The van der Waals surface area contributed by atoms with E-state index in [-0.39, 0.29) is 10.3 Å². The van der Waals surface area contributed by atoms with Crippen LogP contribution in [0.5, 0.6) is 11.5 Å². The second-order valence-electron chi connectivity index (χ2n) is 6.87. The number of hydrogen-bond donors (Lipinski definition) is 2. The predicted octanol–water partition coefficient (Wildman–Crippen LogP) is 3.59. The van der Waals surface area contributed by atoms with Crippen molar-refractivity contribution in [3.05, 3.63) is 79.9 Å². The summed E-state index contributed by atoms with van der Waals surface area (Å²) in [5, 5.41) is 2.68. The smallest absolute Gasteiger partial charge is 0.333 e. The number of anilines is 2. The lowest BCUT2D eigenvalue weighted by atomic mass is 10.3. The molecule has 0 aliphatic heterocycles. The lowest BCUT2D eigenvalue weighted by molar-refractivity contribution is -0.116. The number of hydrogen-bond acceptors (Lipinski definition) is 5. The van der Waals surface area contributed by atoms with E-state index >= 15 is 0 Å². The molecule has 3 N–H and O–H groups in total. The Morgan fingerprint density at radius 1 is 1.03 bits per heavy atom. The molecule has 3 aromatic rings. The summed E-state index contributed by atoms with van der Waals surface area (Å²) in [6, 6.07) is 16.1. The van der Waals surface area contributed by atoms with E-state index in [4.69, 9.17) is 10.5 Å². The van der Waals surface area contributed by atoms with Gasteiger partial charge in [0.15, 0.2) is 0 Å². The Kier molecular flexibility index (Phi) is 7.30. The van der Waals surface area contributed by atoms with Gasteiger partial charge >= 0.3 is 5.69 Å². The topological polar surface area (TPSA) is 108 Å². The largest absolute Gasteiger partial charge is 0.457 e. The van der Waals surface area contributed by atoms with E-state index in [1.807, 2.05) is 37.3 Å². The summed E-state index contributed by atoms with van der Waals surface area (Å²) in [4.78, 5) is 37.7. The number of ether oxygens (including phenoxy) is 1. The molecule has 1 amide bonds. The third-order valence-corrected chi connectivity index (χ3v) is 5.31. The van der Waals surface area contributed by atoms with Crippen molar-refractivity contribution in [1.29, 1.82) is 0 Å². The average molecular weight is 487 g/mol. The molecule has 31 heavy (non-hydrogen) atoms. The molecular formula is C22H23BrN4O4. The Morgan fingerprint density at radius 2 is 1.68 bits per heavy atom. The van der Waals surface area contributed by atoms with Gasteiger partial charge < -0.3 is 15.8 Å². The van der Waals surface area contributed by atoms with E-state index in [1.165, 1.54) is 4.57 Å². The van der Waals surface area contributed by atoms with E-state index in [2.05, 4.69) is 21.2 Å². The van der Waals surface area contributed by atoms with E-state index in [0.29, 0.717) is 23.7 Å². The molecule has 0 saturated heterocycles. The number of nitrogens with one attached hydrogen (secondary N) is 1. The van der Waals surface area contributed by atoms with Gasteiger partial charge in [-0.3, -0.25) is 14.2 Å². The molecule has 0 aliphatic rings. The minimum atomic E-state index is -0.642. The number of carbonyl (C=O) groups excluding carboxylic acids is 1. The summed E-state index contributed by atoms with van der Waals surface area (Å²) >= 11 is 3.14. The minimum Gasteiger partial charge on any atom is -0.457 e. The van der Waals surface area contributed by atoms with Gasteiger partial charge in [-0.1, -0.05) is 31.5 Å². The van der Waals surface area contributed by atoms with Crippen molar-refractivity contribution in [1.82, 2.24) is 9.13 Å². The van der Waals surface area contributed by atoms with Crippen molar-refractivity contribution in [2.24, 2.45) is 0 Å². The standard InChI is InChI=1S/C22H23BrN4O4/c1-2-3-13-26-20(24)19(23)21(29)27(22(26)30)14-18(28)25-15-9-11-17(12-10-15)31-16-7-5-4-6-8-16/h4-12H,2-3,13-14,24H2,1H3,(H,25,28). The quantitative estimate of drug-likeness (QED) is 0.505. The van der Waals surface area contributed by atoms with Crippen LogP contribution in [0.15, 0.2) is 68.7 Å². The Morgan fingerprint density at radius 3 is 2.32 bits per heavy atom. The van der Waals surface area contributed by atoms with Crippen molar-refractivity contribution in [2.45, 2.75) is 32.9 Å². The second-order valence-corrected chi connectivity index (χ2v) is 7.66. The second kappa shape index (κ2) is 10.1. The molecule has 3 rings (SSSR count). The maximum absolute atomic E-state index is 12.7. The number of rotatable bonds is 8. The Balaban J connectivity index is 1.73. The van der Waals surface area contributed by atoms with Crippen LogP contribution in [0.2, 0.25) is 0 Å². The van der Waals surface area contributed by atoms with Crippen LogP contribution in [0, 0.1) is 0 Å². The highest BCUT2D eigenvalue weighted by Gasteiger charge is 2.17. The van der Waals surface area contributed by atoms with Gasteiger partial charge in [0.2, 0.25) is 5.91 Å². The first-order valence-electron chi connectivity index (χ1n) is 9.82. The van der Waals surface area contributed by atoms with Gasteiger partial charge in [-0.05, 0) is 58.7 Å². The highest BCUT2D eigenvalue weighted by molar-refractivity contribution is 9.10. The number of unbranched alkanes of at least 4 members (excludes halogenated alkanes) is 1. The Labute approximate surface area is 187 Å². The van der Waals surface area contributed by atoms with Crippen LogP contribution in [0.4, 0.5) is 11.5 Å². The molecule has 8 nitrogen and oxygen atoms in total. The van der Waals surface area contributed by atoms with Crippen LogP contribution >= 0.6 is 15.9 Å². The number of nitrogen functional groups attached to an aromatic ring is 1. The summed E-state index contributed by atoms with van der Waals surface area (Å²) in [6.07, 6.45) is 1.57. The highest BCUT2D eigenvalue weighted by Crippen LogP contribution is 2.22. The van der Waals surface area contributed by atoms with Crippen LogP contribution in [0.1, 0.15) is 19.8 Å². The van der Waals surface area contributed by atoms with Gasteiger partial charge in [0.05, 0.1) is 0 Å². The van der Waals surface area contributed by atoms with Gasteiger partial charge in [-0.25, -0.2) is 9.36 Å². The van der Waals surface area contributed by atoms with E-state index in [1.54, 1.807) is 24.3 Å². The fourth-order valence-electron chi connectivity index (χ4n) is 2.93. The minimum absolute atomic E-state index is 0.0640. The number of nitrogens with two attached hydrogens (primary N) is 1. The summed E-state index contributed by atoms with van der Waals surface area (Å²) in [6.45, 7) is 1.92. The third kappa shape index (κ3) is 5.43. The lowest BCUT2D eigenvalue weighted by Crippen LogP contribution is -2.44. The molecule has 9 heteroatoms. The van der Waals surface area contributed by atoms with Gasteiger partial charge in [-0.2, -0.15) is 0 Å². The zero-order valence-corrected chi connectivity index (χ0v) is 18.6. The molecule has 162 valence electrons. The van der Waals surface area contributed by atoms with Crippen LogP contribution in [0.3, 0.4) is 0 Å². The molecule has 0 spiro atoms. The van der Waals surface area contributed by atoms with Crippen molar-refractivity contribution in [2.75, 3.05) is 11.1 Å². The average Bonchev–Trinajstić information content (AvgIpc) is 2.77. The maximum atomic E-state index is 12.7. The number of nitrogens with zero attached hydrogens (tertiary/aromatic N) is 2. The number of carbonyl (C=O) groups is 1. The highest BCUT2D eigenvalue weighted by atomic mass is 79.9. The molecule has 0 unspecified atom stereocenters. The Bertz CT molecular complexity index is 1170. The Hall–Kier alpha value is -3.33. The molecule has 1 heterocycles. The molecule has 0 bridgehead atoms. The monoisotopic (exact) mass is 486 g/mol. The number of benzene rings is 2. The number of aromatic nitrogens is 2. The third-order valence-electron chi connectivity index (χ3n) is 4.56. The van der Waals surface area contributed by atoms with Crippen molar-refractivity contribution in [3.8, 4) is 11.5 Å². The van der Waals surface area contributed by atoms with Gasteiger partial charge in [0, 0.05) is 12.2 Å². The van der Waals surface area contributed by atoms with Crippen LogP contribution < -0.4 is 27.0 Å². The normalized spacial score (nSPS) is 10.6. The number of para-hydroxylation sites is 1. The lowest BCUT2D eigenvalue weighted by Gasteiger charge is -2.14. The molecular weight excluding hydrogens is 464 g/mol. The van der Waals surface area contributed by atoms with Crippen LogP contribution in [-0.2, 0) is 17.9 Å². The molecule has 0 aliphatic carbocycles. The summed E-state index contributed by atoms with van der Waals surface area (Å²) in [5.41, 5.74) is 5.17. The first kappa shape index (κ1) is 22.4. The zero-order chi connectivity index (χ0) is 22.4. The number of amides is 1. The van der Waals surface area contributed by atoms with Gasteiger partial charge in [-0.15, -0.1) is 0 Å². The van der Waals surface area contributed by atoms with Crippen LogP contribution in [0.25, 0.3) is 0 Å². The number of halogens is 1. The van der Waals surface area contributed by atoms with E-state index in [9.17, 15) is 14.4 Å². The fraction of sp³-hybridized carbons (Fsp3) is 0.227.